The van der Waals surface area contributed by atoms with Gasteiger partial charge in [0, 0.05) is 5.54 Å². The molecule has 0 unspecified atom stereocenters. The second-order valence-electron chi connectivity index (χ2n) is 5.11. The Morgan fingerprint density at radius 1 is 1.26 bits per heavy atom. The molecule has 0 saturated heterocycles. The molecule has 0 aliphatic heterocycles. The van der Waals surface area contributed by atoms with Crippen LogP contribution >= 0.6 is 0 Å². The molecule has 0 fully saturated rings. The fourth-order valence-corrected chi connectivity index (χ4v) is 2.99. The number of rotatable bonds is 3. The van der Waals surface area contributed by atoms with Gasteiger partial charge in [-0.2, -0.15) is 0 Å². The molecular weight excluding hydrogens is 266 g/mol. The number of benzene rings is 1. The Balaban J connectivity index is 2.39. The molecule has 1 aromatic carbocycles. The SMILES string of the molecule is CC(C)(C)NS(=O)(=O)c1cccc(-n2cnnn2)c1. The first-order valence-corrected chi connectivity index (χ1v) is 7.14. The zero-order chi connectivity index (χ0) is 14.1. The third-order valence-electron chi connectivity index (χ3n) is 2.18. The molecule has 1 N–H and O–H groups in total. The topological polar surface area (TPSA) is 89.8 Å². The highest BCUT2D eigenvalue weighted by Crippen LogP contribution is 2.16. The molecule has 1 heterocycles. The standard InChI is InChI=1S/C11H15N5O2S/c1-11(2,3)13-19(17,18)10-6-4-5-9(7-10)16-8-12-14-15-16/h4-8,13H,1-3H3. The van der Waals surface area contributed by atoms with Crippen LogP contribution in [0.5, 0.6) is 0 Å². The van der Waals surface area contributed by atoms with Crippen LogP contribution in [-0.2, 0) is 10.0 Å². The zero-order valence-electron chi connectivity index (χ0n) is 10.9. The van der Waals surface area contributed by atoms with Crippen molar-refractivity contribution in [2.45, 2.75) is 31.2 Å². The summed E-state index contributed by atoms with van der Waals surface area (Å²) < 4.78 is 28.4. The van der Waals surface area contributed by atoms with E-state index in [1.54, 1.807) is 32.9 Å². The molecule has 0 amide bonds. The largest absolute Gasteiger partial charge is 0.241 e. The molecule has 0 atom stereocenters. The summed E-state index contributed by atoms with van der Waals surface area (Å²) >= 11 is 0. The summed E-state index contributed by atoms with van der Waals surface area (Å²) in [5.74, 6) is 0. The van der Waals surface area contributed by atoms with Gasteiger partial charge in [-0.1, -0.05) is 6.07 Å². The predicted octanol–water partition coefficient (Wildman–Crippen LogP) is 0.739. The minimum absolute atomic E-state index is 0.176. The van der Waals surface area contributed by atoms with E-state index in [0.717, 1.165) is 0 Å². The molecule has 0 saturated carbocycles. The van der Waals surface area contributed by atoms with Gasteiger partial charge >= 0.3 is 0 Å². The van der Waals surface area contributed by atoms with Crippen LogP contribution in [0.4, 0.5) is 0 Å². The predicted molar refractivity (Wildman–Crippen MR) is 69.2 cm³/mol. The molecule has 0 bridgehead atoms. The highest BCUT2D eigenvalue weighted by Gasteiger charge is 2.22. The van der Waals surface area contributed by atoms with Crippen LogP contribution in [0.15, 0.2) is 35.5 Å². The molecule has 1 aromatic heterocycles. The number of nitrogens with zero attached hydrogens (tertiary/aromatic N) is 4. The number of hydrogen-bond acceptors (Lipinski definition) is 5. The number of sulfonamides is 1. The van der Waals surface area contributed by atoms with E-state index < -0.39 is 15.6 Å². The van der Waals surface area contributed by atoms with Gasteiger partial charge in [-0.3, -0.25) is 0 Å². The van der Waals surface area contributed by atoms with Crippen molar-refractivity contribution in [3.8, 4) is 5.69 Å². The summed E-state index contributed by atoms with van der Waals surface area (Å²) in [5, 5.41) is 10.8. The molecule has 7 nitrogen and oxygen atoms in total. The molecule has 2 aromatic rings. The summed E-state index contributed by atoms with van der Waals surface area (Å²) in [6.45, 7) is 5.36. The molecule has 0 aliphatic rings. The average Bonchev–Trinajstić information content (AvgIpc) is 2.79. The Kier molecular flexibility index (Phi) is 3.38. The smallest absolute Gasteiger partial charge is 0.207 e. The molecule has 0 radical (unpaired) electrons. The second-order valence-corrected chi connectivity index (χ2v) is 6.79. The highest BCUT2D eigenvalue weighted by atomic mass is 32.2. The Morgan fingerprint density at radius 3 is 2.58 bits per heavy atom. The number of aromatic nitrogens is 4. The lowest BCUT2D eigenvalue weighted by Gasteiger charge is -2.20. The lowest BCUT2D eigenvalue weighted by Crippen LogP contribution is -2.40. The summed E-state index contributed by atoms with van der Waals surface area (Å²) in [4.78, 5) is 0.176. The molecule has 0 spiro atoms. The van der Waals surface area contributed by atoms with E-state index in [2.05, 4.69) is 20.2 Å². The van der Waals surface area contributed by atoms with E-state index in [9.17, 15) is 8.42 Å². The van der Waals surface area contributed by atoms with Crippen LogP contribution in [-0.4, -0.2) is 34.2 Å². The van der Waals surface area contributed by atoms with Crippen molar-refractivity contribution in [1.29, 1.82) is 0 Å². The van der Waals surface area contributed by atoms with Crippen molar-refractivity contribution in [2.24, 2.45) is 0 Å². The summed E-state index contributed by atoms with van der Waals surface area (Å²) in [5.41, 5.74) is 0.0469. The normalized spacial score (nSPS) is 12.6. The van der Waals surface area contributed by atoms with Gasteiger partial charge in [0.25, 0.3) is 0 Å². The van der Waals surface area contributed by atoms with Gasteiger partial charge < -0.3 is 0 Å². The van der Waals surface area contributed by atoms with Crippen LogP contribution in [0.3, 0.4) is 0 Å². The minimum atomic E-state index is -3.56. The zero-order valence-corrected chi connectivity index (χ0v) is 11.7. The van der Waals surface area contributed by atoms with Crippen molar-refractivity contribution in [3.63, 3.8) is 0 Å². The van der Waals surface area contributed by atoms with Crippen molar-refractivity contribution in [2.75, 3.05) is 0 Å². The van der Waals surface area contributed by atoms with Crippen LogP contribution in [0.2, 0.25) is 0 Å². The van der Waals surface area contributed by atoms with Crippen molar-refractivity contribution >= 4 is 10.0 Å². The van der Waals surface area contributed by atoms with E-state index in [0.29, 0.717) is 5.69 Å². The monoisotopic (exact) mass is 281 g/mol. The van der Waals surface area contributed by atoms with Crippen LogP contribution in [0, 0.1) is 0 Å². The van der Waals surface area contributed by atoms with E-state index in [-0.39, 0.29) is 4.90 Å². The Morgan fingerprint density at radius 2 is 2.00 bits per heavy atom. The van der Waals surface area contributed by atoms with Gasteiger partial charge in [0.05, 0.1) is 10.6 Å². The van der Waals surface area contributed by atoms with Gasteiger partial charge in [0.1, 0.15) is 6.33 Å². The Hall–Kier alpha value is -1.80. The summed E-state index contributed by atoms with van der Waals surface area (Å²) in [6, 6.07) is 6.42. The lowest BCUT2D eigenvalue weighted by atomic mass is 10.1. The summed E-state index contributed by atoms with van der Waals surface area (Å²) in [6.07, 6.45) is 1.41. The molecule has 2 rings (SSSR count). The molecule has 0 aliphatic carbocycles. The molecule has 19 heavy (non-hydrogen) atoms. The quantitative estimate of drug-likeness (QED) is 0.896. The Labute approximate surface area is 111 Å². The first kappa shape index (κ1) is 13.6. The maximum absolute atomic E-state index is 12.2. The van der Waals surface area contributed by atoms with Crippen LogP contribution < -0.4 is 4.72 Å². The van der Waals surface area contributed by atoms with Crippen molar-refractivity contribution in [3.05, 3.63) is 30.6 Å². The summed E-state index contributed by atoms with van der Waals surface area (Å²) in [7, 11) is -3.56. The average molecular weight is 281 g/mol. The first-order valence-electron chi connectivity index (χ1n) is 5.65. The van der Waals surface area contributed by atoms with Gasteiger partial charge in [-0.15, -0.1) is 5.10 Å². The van der Waals surface area contributed by atoms with E-state index in [1.165, 1.54) is 23.1 Å². The second kappa shape index (κ2) is 4.71. The fourth-order valence-electron chi connectivity index (χ4n) is 1.53. The van der Waals surface area contributed by atoms with Gasteiger partial charge in [0.15, 0.2) is 0 Å². The Bertz CT molecular complexity index is 659. The molecule has 102 valence electrons. The van der Waals surface area contributed by atoms with Crippen LogP contribution in [0.25, 0.3) is 5.69 Å². The third-order valence-corrected chi connectivity index (χ3v) is 3.94. The lowest BCUT2D eigenvalue weighted by molar-refractivity contribution is 0.491. The molecular formula is C11H15N5O2S. The van der Waals surface area contributed by atoms with Crippen molar-refractivity contribution < 1.29 is 8.42 Å². The van der Waals surface area contributed by atoms with Crippen molar-refractivity contribution in [1.82, 2.24) is 24.9 Å². The minimum Gasteiger partial charge on any atom is -0.207 e. The van der Waals surface area contributed by atoms with Gasteiger partial charge in [-0.05, 0) is 49.4 Å². The highest BCUT2D eigenvalue weighted by molar-refractivity contribution is 7.89. The van der Waals surface area contributed by atoms with E-state index in [1.807, 2.05) is 0 Å². The van der Waals surface area contributed by atoms with E-state index >= 15 is 0 Å². The third kappa shape index (κ3) is 3.36. The van der Waals surface area contributed by atoms with Crippen LogP contribution in [0.1, 0.15) is 20.8 Å². The maximum atomic E-state index is 12.2. The maximum Gasteiger partial charge on any atom is 0.241 e. The molecule has 8 heteroatoms. The fraction of sp³-hybridized carbons (Fsp3) is 0.364. The number of hydrogen-bond donors (Lipinski definition) is 1. The van der Waals surface area contributed by atoms with Gasteiger partial charge in [-0.25, -0.2) is 17.8 Å². The van der Waals surface area contributed by atoms with E-state index in [4.69, 9.17) is 0 Å². The van der Waals surface area contributed by atoms with Gasteiger partial charge in [0.2, 0.25) is 10.0 Å². The first-order chi connectivity index (χ1) is 8.78. The number of nitrogens with one attached hydrogen (secondary N) is 1. The number of tetrazole rings is 1.